The SMILES string of the molecule is CC[C@@H](NC(=O)CCc1nnc(CCCCc2ccccc2)o1)c1nc2ccc(C)cc2[nH]1. The van der Waals surface area contributed by atoms with Crippen LogP contribution in [0.3, 0.4) is 0 Å². The normalized spacial score (nSPS) is 12.2. The first kappa shape index (κ1) is 22.7. The van der Waals surface area contributed by atoms with Gasteiger partial charge in [0.2, 0.25) is 17.7 Å². The summed E-state index contributed by atoms with van der Waals surface area (Å²) in [6.45, 7) is 4.08. The lowest BCUT2D eigenvalue weighted by Gasteiger charge is -2.14. The number of aryl methyl sites for hydroxylation is 4. The minimum Gasteiger partial charge on any atom is -0.425 e. The van der Waals surface area contributed by atoms with Gasteiger partial charge in [-0.1, -0.05) is 43.3 Å². The second-order valence-corrected chi connectivity index (χ2v) is 8.45. The number of unbranched alkanes of at least 4 members (excludes halogenated alkanes) is 1. The molecule has 33 heavy (non-hydrogen) atoms. The molecule has 0 bridgehead atoms. The number of H-pyrrole nitrogens is 1. The highest BCUT2D eigenvalue weighted by Gasteiger charge is 2.17. The first-order valence-electron chi connectivity index (χ1n) is 11.7. The summed E-state index contributed by atoms with van der Waals surface area (Å²) in [7, 11) is 0. The third-order valence-corrected chi connectivity index (χ3v) is 5.75. The highest BCUT2D eigenvalue weighted by Crippen LogP contribution is 2.20. The third kappa shape index (κ3) is 6.28. The summed E-state index contributed by atoms with van der Waals surface area (Å²) >= 11 is 0. The molecule has 0 aliphatic heterocycles. The maximum atomic E-state index is 12.5. The van der Waals surface area contributed by atoms with Gasteiger partial charge < -0.3 is 14.7 Å². The average molecular weight is 446 g/mol. The fourth-order valence-corrected chi connectivity index (χ4v) is 3.90. The summed E-state index contributed by atoms with van der Waals surface area (Å²) < 4.78 is 5.73. The van der Waals surface area contributed by atoms with E-state index in [9.17, 15) is 4.79 Å². The number of benzene rings is 2. The number of carbonyl (C=O) groups is 1. The third-order valence-electron chi connectivity index (χ3n) is 5.75. The second kappa shape index (κ2) is 10.9. The van der Waals surface area contributed by atoms with E-state index in [2.05, 4.69) is 55.8 Å². The lowest BCUT2D eigenvalue weighted by molar-refractivity contribution is -0.122. The molecule has 0 fully saturated rings. The number of imidazole rings is 1. The molecule has 172 valence electrons. The molecular weight excluding hydrogens is 414 g/mol. The van der Waals surface area contributed by atoms with Crippen molar-refractivity contribution in [3.63, 3.8) is 0 Å². The van der Waals surface area contributed by atoms with Crippen LogP contribution >= 0.6 is 0 Å². The van der Waals surface area contributed by atoms with Crippen LogP contribution in [0.25, 0.3) is 11.0 Å². The van der Waals surface area contributed by atoms with Crippen LogP contribution in [-0.4, -0.2) is 26.1 Å². The van der Waals surface area contributed by atoms with Crippen LogP contribution in [0.1, 0.15) is 67.4 Å². The molecule has 4 aromatic rings. The molecule has 7 nitrogen and oxygen atoms in total. The Morgan fingerprint density at radius 1 is 1.03 bits per heavy atom. The van der Waals surface area contributed by atoms with Gasteiger partial charge in [0.25, 0.3) is 0 Å². The molecule has 0 aliphatic rings. The number of hydrogen-bond donors (Lipinski definition) is 2. The molecule has 0 radical (unpaired) electrons. The topological polar surface area (TPSA) is 96.7 Å². The average Bonchev–Trinajstić information content (AvgIpc) is 3.46. The van der Waals surface area contributed by atoms with Crippen molar-refractivity contribution in [1.82, 2.24) is 25.5 Å². The van der Waals surface area contributed by atoms with E-state index in [4.69, 9.17) is 4.42 Å². The molecule has 7 heteroatoms. The van der Waals surface area contributed by atoms with Crippen molar-refractivity contribution in [2.45, 2.75) is 64.8 Å². The minimum atomic E-state index is -0.159. The van der Waals surface area contributed by atoms with Crippen molar-refractivity contribution in [3.8, 4) is 0 Å². The number of aromatic amines is 1. The Kier molecular flexibility index (Phi) is 7.50. The Balaban J connectivity index is 1.22. The van der Waals surface area contributed by atoms with Gasteiger partial charge >= 0.3 is 0 Å². The molecular formula is C26H31N5O2. The molecule has 1 atom stereocenters. The van der Waals surface area contributed by atoms with Crippen molar-refractivity contribution in [3.05, 3.63) is 77.3 Å². The lowest BCUT2D eigenvalue weighted by atomic mass is 10.1. The van der Waals surface area contributed by atoms with Crippen LogP contribution in [0.2, 0.25) is 0 Å². The van der Waals surface area contributed by atoms with Gasteiger partial charge in [-0.3, -0.25) is 4.79 Å². The number of nitrogens with zero attached hydrogens (tertiary/aromatic N) is 3. The minimum absolute atomic E-state index is 0.0545. The van der Waals surface area contributed by atoms with Crippen molar-refractivity contribution in [2.75, 3.05) is 0 Å². The number of carbonyl (C=O) groups excluding carboxylic acids is 1. The molecule has 2 N–H and O–H groups in total. The van der Waals surface area contributed by atoms with Crippen LogP contribution in [-0.2, 0) is 24.1 Å². The van der Waals surface area contributed by atoms with E-state index in [0.717, 1.165) is 49.0 Å². The number of nitrogens with one attached hydrogen (secondary N) is 2. The Labute approximate surface area is 194 Å². The molecule has 2 aromatic heterocycles. The Hall–Kier alpha value is -3.48. The maximum Gasteiger partial charge on any atom is 0.221 e. The molecule has 0 unspecified atom stereocenters. The summed E-state index contributed by atoms with van der Waals surface area (Å²) in [5.74, 6) is 1.88. The van der Waals surface area contributed by atoms with E-state index in [1.54, 1.807) is 0 Å². The molecule has 2 heterocycles. The highest BCUT2D eigenvalue weighted by molar-refractivity contribution is 5.78. The predicted molar refractivity (Wildman–Crippen MR) is 128 cm³/mol. The van der Waals surface area contributed by atoms with E-state index in [1.165, 1.54) is 11.1 Å². The Bertz CT molecular complexity index is 1180. The van der Waals surface area contributed by atoms with Gasteiger partial charge in [0.15, 0.2) is 0 Å². The molecule has 0 saturated carbocycles. The van der Waals surface area contributed by atoms with Crippen molar-refractivity contribution in [2.24, 2.45) is 0 Å². The number of aromatic nitrogens is 4. The quantitative estimate of drug-likeness (QED) is 0.316. The van der Waals surface area contributed by atoms with Crippen molar-refractivity contribution < 1.29 is 9.21 Å². The molecule has 2 aromatic carbocycles. The highest BCUT2D eigenvalue weighted by atomic mass is 16.4. The summed E-state index contributed by atoms with van der Waals surface area (Å²) in [5, 5.41) is 11.3. The fraction of sp³-hybridized carbons (Fsp3) is 0.385. The van der Waals surface area contributed by atoms with E-state index < -0.39 is 0 Å². The van der Waals surface area contributed by atoms with Gasteiger partial charge in [0, 0.05) is 19.3 Å². The summed E-state index contributed by atoms with van der Waals surface area (Å²) in [6.07, 6.45) is 5.35. The van der Waals surface area contributed by atoms with Gasteiger partial charge in [-0.15, -0.1) is 10.2 Å². The zero-order valence-corrected chi connectivity index (χ0v) is 19.3. The molecule has 0 saturated heterocycles. The number of fused-ring (bicyclic) bond motifs is 1. The molecule has 0 spiro atoms. The number of amides is 1. The molecule has 0 aliphatic carbocycles. The first-order valence-corrected chi connectivity index (χ1v) is 11.7. The van der Waals surface area contributed by atoms with Gasteiger partial charge in [-0.2, -0.15) is 0 Å². The van der Waals surface area contributed by atoms with Crippen molar-refractivity contribution in [1.29, 1.82) is 0 Å². The Morgan fingerprint density at radius 3 is 2.58 bits per heavy atom. The van der Waals surface area contributed by atoms with E-state index in [1.807, 2.05) is 32.0 Å². The van der Waals surface area contributed by atoms with E-state index in [-0.39, 0.29) is 11.9 Å². The van der Waals surface area contributed by atoms with Gasteiger partial charge in [0.05, 0.1) is 17.1 Å². The van der Waals surface area contributed by atoms with Crippen LogP contribution in [0.15, 0.2) is 52.9 Å². The smallest absolute Gasteiger partial charge is 0.221 e. The van der Waals surface area contributed by atoms with Gasteiger partial charge in [-0.05, 0) is 55.9 Å². The monoisotopic (exact) mass is 445 g/mol. The van der Waals surface area contributed by atoms with Crippen LogP contribution < -0.4 is 5.32 Å². The first-order chi connectivity index (χ1) is 16.1. The van der Waals surface area contributed by atoms with Crippen LogP contribution in [0.4, 0.5) is 0 Å². The van der Waals surface area contributed by atoms with E-state index >= 15 is 0 Å². The van der Waals surface area contributed by atoms with Crippen LogP contribution in [0.5, 0.6) is 0 Å². The summed E-state index contributed by atoms with van der Waals surface area (Å²) in [6, 6.07) is 16.4. The standard InChI is InChI=1S/C26H31N5O2/c1-3-20(26-28-21-14-13-18(2)17-22(21)29-26)27-23(32)15-16-25-31-30-24(33-25)12-8-7-11-19-9-5-4-6-10-19/h4-6,9-10,13-14,17,20H,3,7-8,11-12,15-16H2,1-2H3,(H,27,32)(H,28,29)/t20-/m1/s1. The van der Waals surface area contributed by atoms with Gasteiger partial charge in [0.1, 0.15) is 5.82 Å². The zero-order chi connectivity index (χ0) is 23.0. The lowest BCUT2D eigenvalue weighted by Crippen LogP contribution is -2.29. The molecule has 4 rings (SSSR count). The molecule has 1 amide bonds. The summed E-state index contributed by atoms with van der Waals surface area (Å²) in [5.41, 5.74) is 4.41. The predicted octanol–water partition coefficient (Wildman–Crippen LogP) is 5.02. The summed E-state index contributed by atoms with van der Waals surface area (Å²) in [4.78, 5) is 20.5. The van der Waals surface area contributed by atoms with Gasteiger partial charge in [-0.25, -0.2) is 4.98 Å². The van der Waals surface area contributed by atoms with Crippen molar-refractivity contribution >= 4 is 16.9 Å². The largest absolute Gasteiger partial charge is 0.425 e. The zero-order valence-electron chi connectivity index (χ0n) is 19.3. The van der Waals surface area contributed by atoms with E-state index in [0.29, 0.717) is 24.6 Å². The second-order valence-electron chi connectivity index (χ2n) is 8.45. The maximum absolute atomic E-state index is 12.5. The number of rotatable bonds is 11. The number of hydrogen-bond acceptors (Lipinski definition) is 5. The Morgan fingerprint density at radius 2 is 1.79 bits per heavy atom. The van der Waals surface area contributed by atoms with Crippen LogP contribution in [0, 0.1) is 6.92 Å². The fourth-order valence-electron chi connectivity index (χ4n) is 3.90.